The molecule has 0 saturated carbocycles. The monoisotopic (exact) mass is 181 g/mol. The summed E-state index contributed by atoms with van der Waals surface area (Å²) in [6, 6.07) is 2.06. The second-order valence-corrected chi connectivity index (χ2v) is 4.43. The number of rotatable bonds is 1. The molecule has 1 aromatic heterocycles. The predicted octanol–water partition coefficient (Wildman–Crippen LogP) is 1.90. The lowest BCUT2D eigenvalue weighted by Gasteiger charge is -2.11. The molecule has 1 rings (SSSR count). The van der Waals surface area contributed by atoms with Gasteiger partial charge in [-0.3, -0.25) is 0 Å². The quantitative estimate of drug-likeness (QED) is 0.665. The standard InChI is InChI=1S/C8H11N3S/c1-8(2,3)7-10-6(4-5-9)12-11-7/h4H2,1-3H3. The molecule has 0 spiro atoms. The Balaban J connectivity index is 2.86. The third kappa shape index (κ3) is 2.02. The largest absolute Gasteiger partial charge is 0.223 e. The first kappa shape index (κ1) is 9.14. The van der Waals surface area contributed by atoms with Crippen LogP contribution < -0.4 is 0 Å². The number of hydrogen-bond donors (Lipinski definition) is 0. The van der Waals surface area contributed by atoms with Crippen LogP contribution in [0.15, 0.2) is 0 Å². The summed E-state index contributed by atoms with van der Waals surface area (Å²) < 4.78 is 4.19. The Bertz CT molecular complexity index is 303. The average molecular weight is 181 g/mol. The average Bonchev–Trinajstić information content (AvgIpc) is 2.35. The lowest BCUT2D eigenvalue weighted by atomic mass is 9.96. The van der Waals surface area contributed by atoms with Crippen molar-refractivity contribution in [3.8, 4) is 6.07 Å². The first-order valence-electron chi connectivity index (χ1n) is 3.74. The summed E-state index contributed by atoms with van der Waals surface area (Å²) in [5.41, 5.74) is -0.00972. The van der Waals surface area contributed by atoms with Crippen molar-refractivity contribution in [2.45, 2.75) is 32.6 Å². The van der Waals surface area contributed by atoms with Crippen LogP contribution in [0.1, 0.15) is 31.6 Å². The molecule has 0 aliphatic rings. The molecular formula is C8H11N3S. The minimum absolute atomic E-state index is 0.00972. The molecule has 1 heterocycles. The van der Waals surface area contributed by atoms with Gasteiger partial charge in [0, 0.05) is 5.41 Å². The predicted molar refractivity (Wildman–Crippen MR) is 47.9 cm³/mol. The highest BCUT2D eigenvalue weighted by atomic mass is 32.1. The third-order valence-corrected chi connectivity index (χ3v) is 2.08. The maximum Gasteiger partial charge on any atom is 0.147 e. The maximum absolute atomic E-state index is 8.42. The third-order valence-electron chi connectivity index (χ3n) is 1.37. The summed E-state index contributed by atoms with van der Waals surface area (Å²) in [6.45, 7) is 6.18. The Labute approximate surface area is 76.2 Å². The van der Waals surface area contributed by atoms with Gasteiger partial charge in [-0.05, 0) is 11.5 Å². The summed E-state index contributed by atoms with van der Waals surface area (Å²) in [6.07, 6.45) is 0.369. The molecule has 4 heteroatoms. The minimum atomic E-state index is -0.00972. The molecule has 1 aromatic rings. The molecule has 0 aliphatic carbocycles. The molecule has 0 aromatic carbocycles. The molecule has 0 unspecified atom stereocenters. The molecule has 0 fully saturated rings. The molecule has 12 heavy (non-hydrogen) atoms. The smallest absolute Gasteiger partial charge is 0.147 e. The number of nitriles is 1. The fourth-order valence-corrected chi connectivity index (χ4v) is 1.46. The Morgan fingerprint density at radius 3 is 2.58 bits per heavy atom. The maximum atomic E-state index is 8.42. The Hall–Kier alpha value is -0.950. The molecule has 0 N–H and O–H groups in total. The van der Waals surface area contributed by atoms with E-state index in [0.29, 0.717) is 6.42 Å². The summed E-state index contributed by atoms with van der Waals surface area (Å²) in [5, 5.41) is 9.23. The van der Waals surface area contributed by atoms with Gasteiger partial charge < -0.3 is 0 Å². The zero-order valence-electron chi connectivity index (χ0n) is 7.46. The van der Waals surface area contributed by atoms with E-state index in [9.17, 15) is 0 Å². The minimum Gasteiger partial charge on any atom is -0.223 e. The van der Waals surface area contributed by atoms with Crippen LogP contribution in [0.2, 0.25) is 0 Å². The Morgan fingerprint density at radius 1 is 1.50 bits per heavy atom. The van der Waals surface area contributed by atoms with E-state index in [0.717, 1.165) is 10.8 Å². The van der Waals surface area contributed by atoms with Crippen molar-refractivity contribution in [1.29, 1.82) is 5.26 Å². The van der Waals surface area contributed by atoms with Crippen LogP contribution in [0.3, 0.4) is 0 Å². The SMILES string of the molecule is CC(C)(C)c1nsc(CC#N)n1. The van der Waals surface area contributed by atoms with Gasteiger partial charge in [-0.1, -0.05) is 20.8 Å². The van der Waals surface area contributed by atoms with Crippen molar-refractivity contribution in [3.63, 3.8) is 0 Å². The van der Waals surface area contributed by atoms with Crippen molar-refractivity contribution in [2.24, 2.45) is 0 Å². The van der Waals surface area contributed by atoms with Crippen molar-refractivity contribution in [2.75, 3.05) is 0 Å². The van der Waals surface area contributed by atoms with Gasteiger partial charge in [-0.2, -0.15) is 9.64 Å². The van der Waals surface area contributed by atoms with Crippen molar-refractivity contribution in [1.82, 2.24) is 9.36 Å². The fourth-order valence-electron chi connectivity index (χ4n) is 0.699. The first-order valence-corrected chi connectivity index (χ1v) is 4.51. The summed E-state index contributed by atoms with van der Waals surface area (Å²) >= 11 is 1.32. The number of nitrogens with zero attached hydrogens (tertiary/aromatic N) is 3. The van der Waals surface area contributed by atoms with Gasteiger partial charge in [0.15, 0.2) is 0 Å². The highest BCUT2D eigenvalue weighted by molar-refractivity contribution is 7.05. The zero-order chi connectivity index (χ0) is 9.19. The highest BCUT2D eigenvalue weighted by Gasteiger charge is 2.19. The van der Waals surface area contributed by atoms with Crippen LogP contribution in [0.4, 0.5) is 0 Å². The summed E-state index contributed by atoms with van der Waals surface area (Å²) in [5.74, 6) is 0.831. The number of hydrogen-bond acceptors (Lipinski definition) is 4. The van der Waals surface area contributed by atoms with Crippen molar-refractivity contribution in [3.05, 3.63) is 10.8 Å². The molecule has 0 aliphatic heterocycles. The van der Waals surface area contributed by atoms with Gasteiger partial charge in [0.2, 0.25) is 0 Å². The topological polar surface area (TPSA) is 49.6 Å². The van der Waals surface area contributed by atoms with Crippen LogP contribution in [-0.4, -0.2) is 9.36 Å². The molecule has 0 atom stereocenters. The molecular weight excluding hydrogens is 170 g/mol. The van der Waals surface area contributed by atoms with Gasteiger partial charge in [0.1, 0.15) is 10.8 Å². The molecule has 64 valence electrons. The second kappa shape index (κ2) is 3.20. The lowest BCUT2D eigenvalue weighted by Crippen LogP contribution is -2.13. The van der Waals surface area contributed by atoms with E-state index in [1.165, 1.54) is 11.5 Å². The van der Waals surface area contributed by atoms with Crippen LogP contribution in [0.5, 0.6) is 0 Å². The second-order valence-electron chi connectivity index (χ2n) is 3.60. The van der Waals surface area contributed by atoms with Crippen LogP contribution >= 0.6 is 11.5 Å². The molecule has 0 radical (unpaired) electrons. The summed E-state index contributed by atoms with van der Waals surface area (Å²) in [4.78, 5) is 4.26. The van der Waals surface area contributed by atoms with Gasteiger partial charge in [-0.25, -0.2) is 4.98 Å². The normalized spacial score (nSPS) is 11.2. The number of aromatic nitrogens is 2. The van der Waals surface area contributed by atoms with Crippen LogP contribution in [0, 0.1) is 11.3 Å². The molecule has 0 amide bonds. The van der Waals surface area contributed by atoms with Crippen molar-refractivity contribution >= 4 is 11.5 Å². The Morgan fingerprint density at radius 2 is 2.17 bits per heavy atom. The van der Waals surface area contributed by atoms with Crippen LogP contribution in [0.25, 0.3) is 0 Å². The zero-order valence-corrected chi connectivity index (χ0v) is 8.27. The fraction of sp³-hybridized carbons (Fsp3) is 0.625. The van der Waals surface area contributed by atoms with E-state index in [2.05, 4.69) is 36.2 Å². The molecule has 3 nitrogen and oxygen atoms in total. The van der Waals surface area contributed by atoms with Gasteiger partial charge in [-0.15, -0.1) is 0 Å². The van der Waals surface area contributed by atoms with Gasteiger partial charge >= 0.3 is 0 Å². The van der Waals surface area contributed by atoms with E-state index < -0.39 is 0 Å². The van der Waals surface area contributed by atoms with Crippen LogP contribution in [-0.2, 0) is 11.8 Å². The van der Waals surface area contributed by atoms with Gasteiger partial charge in [0.25, 0.3) is 0 Å². The summed E-state index contributed by atoms with van der Waals surface area (Å²) in [7, 11) is 0. The van der Waals surface area contributed by atoms with E-state index >= 15 is 0 Å². The Kier molecular flexibility index (Phi) is 2.43. The highest BCUT2D eigenvalue weighted by Crippen LogP contribution is 2.20. The van der Waals surface area contributed by atoms with E-state index in [-0.39, 0.29) is 5.41 Å². The molecule has 0 bridgehead atoms. The molecule has 0 saturated heterocycles. The van der Waals surface area contributed by atoms with Crippen molar-refractivity contribution < 1.29 is 0 Å². The van der Waals surface area contributed by atoms with E-state index in [4.69, 9.17) is 5.26 Å². The van der Waals surface area contributed by atoms with E-state index in [1.807, 2.05) is 0 Å². The first-order chi connectivity index (χ1) is 5.54. The van der Waals surface area contributed by atoms with Gasteiger partial charge in [0.05, 0.1) is 12.5 Å². The van der Waals surface area contributed by atoms with E-state index in [1.54, 1.807) is 0 Å². The lowest BCUT2D eigenvalue weighted by molar-refractivity contribution is 0.553.